The molecule has 2 aromatic carbocycles. The van der Waals surface area contributed by atoms with Gasteiger partial charge in [0.05, 0.1) is 11.6 Å². The van der Waals surface area contributed by atoms with Crippen LogP contribution in [-0.2, 0) is 0 Å². The number of nitrogens with zero attached hydrogens (tertiary/aromatic N) is 1. The largest absolute Gasteiger partial charge is 0.409 e. The highest BCUT2D eigenvalue weighted by Crippen LogP contribution is 2.22. The molecule has 0 aliphatic rings. The molecule has 0 bridgehead atoms. The number of benzene rings is 2. The average Bonchev–Trinajstić information content (AvgIpc) is 2.50. The Morgan fingerprint density at radius 1 is 1.24 bits per heavy atom. The van der Waals surface area contributed by atoms with Crippen LogP contribution >= 0.6 is 0 Å². The van der Waals surface area contributed by atoms with Gasteiger partial charge in [0.15, 0.2) is 0 Å². The molecule has 0 radical (unpaired) electrons. The molecule has 0 heterocycles. The van der Waals surface area contributed by atoms with Gasteiger partial charge >= 0.3 is 0 Å². The fourth-order valence-electron chi connectivity index (χ4n) is 2.21. The molecule has 0 saturated heterocycles. The quantitative estimate of drug-likeness (QED) is 0.342. The first kappa shape index (κ1) is 14.8. The van der Waals surface area contributed by atoms with E-state index >= 15 is 0 Å². The summed E-state index contributed by atoms with van der Waals surface area (Å²) in [5, 5.41) is 15.1. The monoisotopic (exact) mass is 287 g/mol. The van der Waals surface area contributed by atoms with Gasteiger partial charge in [0.1, 0.15) is 11.7 Å². The van der Waals surface area contributed by atoms with Gasteiger partial charge < -0.3 is 16.3 Å². The highest BCUT2D eigenvalue weighted by atomic mass is 19.1. The van der Waals surface area contributed by atoms with Crippen molar-refractivity contribution >= 4 is 11.5 Å². The predicted molar refractivity (Wildman–Crippen MR) is 82.2 cm³/mol. The van der Waals surface area contributed by atoms with E-state index in [1.807, 2.05) is 43.3 Å². The van der Waals surface area contributed by atoms with Gasteiger partial charge in [-0.2, -0.15) is 0 Å². The highest BCUT2D eigenvalue weighted by Gasteiger charge is 2.17. The van der Waals surface area contributed by atoms with Gasteiger partial charge in [0.25, 0.3) is 0 Å². The van der Waals surface area contributed by atoms with Crippen molar-refractivity contribution in [3.63, 3.8) is 0 Å². The number of aryl methyl sites for hydroxylation is 1. The smallest absolute Gasteiger partial charge is 0.148 e. The Labute approximate surface area is 123 Å². The van der Waals surface area contributed by atoms with Crippen LogP contribution in [0.25, 0.3) is 0 Å². The van der Waals surface area contributed by atoms with Crippen LogP contribution in [0, 0.1) is 12.7 Å². The van der Waals surface area contributed by atoms with Crippen LogP contribution in [0.4, 0.5) is 10.1 Å². The van der Waals surface area contributed by atoms with Crippen LogP contribution in [0.1, 0.15) is 17.0 Å². The van der Waals surface area contributed by atoms with Gasteiger partial charge in [-0.1, -0.05) is 47.6 Å². The van der Waals surface area contributed by atoms with Crippen molar-refractivity contribution in [1.29, 1.82) is 0 Å². The SMILES string of the molecule is Cc1cccc(F)c1NCC(/C(N)=N/O)c1ccccc1. The average molecular weight is 287 g/mol. The van der Waals surface area contributed by atoms with Crippen molar-refractivity contribution in [3.05, 3.63) is 65.5 Å². The van der Waals surface area contributed by atoms with Crippen molar-refractivity contribution in [2.24, 2.45) is 10.9 Å². The third kappa shape index (κ3) is 3.51. The number of nitrogens with one attached hydrogen (secondary N) is 1. The van der Waals surface area contributed by atoms with E-state index in [9.17, 15) is 4.39 Å². The molecular weight excluding hydrogens is 269 g/mol. The fraction of sp³-hybridized carbons (Fsp3) is 0.188. The van der Waals surface area contributed by atoms with Gasteiger partial charge in [-0.25, -0.2) is 4.39 Å². The van der Waals surface area contributed by atoms with Crippen LogP contribution in [0.5, 0.6) is 0 Å². The number of amidine groups is 1. The summed E-state index contributed by atoms with van der Waals surface area (Å²) in [4.78, 5) is 0. The van der Waals surface area contributed by atoms with E-state index in [0.717, 1.165) is 11.1 Å². The second-order valence-electron chi connectivity index (χ2n) is 4.80. The first-order chi connectivity index (χ1) is 10.1. The summed E-state index contributed by atoms with van der Waals surface area (Å²) in [7, 11) is 0. The van der Waals surface area contributed by atoms with Crippen LogP contribution < -0.4 is 11.1 Å². The lowest BCUT2D eigenvalue weighted by Gasteiger charge is -2.18. The third-order valence-electron chi connectivity index (χ3n) is 3.38. The summed E-state index contributed by atoms with van der Waals surface area (Å²) in [6.07, 6.45) is 0. The van der Waals surface area contributed by atoms with Crippen LogP contribution in [0.15, 0.2) is 53.7 Å². The van der Waals surface area contributed by atoms with Gasteiger partial charge in [-0.15, -0.1) is 0 Å². The molecule has 0 aliphatic carbocycles. The second-order valence-corrected chi connectivity index (χ2v) is 4.80. The van der Waals surface area contributed by atoms with Gasteiger partial charge in [-0.05, 0) is 24.1 Å². The van der Waals surface area contributed by atoms with E-state index in [-0.39, 0.29) is 17.6 Å². The molecule has 2 aromatic rings. The molecule has 0 saturated carbocycles. The van der Waals surface area contributed by atoms with E-state index in [4.69, 9.17) is 10.9 Å². The zero-order chi connectivity index (χ0) is 15.2. The Bertz CT molecular complexity index is 608. The Morgan fingerprint density at radius 2 is 1.95 bits per heavy atom. The molecule has 21 heavy (non-hydrogen) atoms. The van der Waals surface area contributed by atoms with Crippen LogP contribution in [0.3, 0.4) is 0 Å². The minimum absolute atomic E-state index is 0.0858. The topological polar surface area (TPSA) is 70.6 Å². The maximum absolute atomic E-state index is 13.8. The van der Waals surface area contributed by atoms with Crippen molar-refractivity contribution in [2.75, 3.05) is 11.9 Å². The zero-order valence-electron chi connectivity index (χ0n) is 11.8. The molecule has 4 N–H and O–H groups in total. The van der Waals surface area contributed by atoms with Crippen molar-refractivity contribution in [1.82, 2.24) is 0 Å². The normalized spacial score (nSPS) is 13.0. The highest BCUT2D eigenvalue weighted by molar-refractivity contribution is 5.87. The summed E-state index contributed by atoms with van der Waals surface area (Å²) in [5.74, 6) is -0.570. The molecule has 2 rings (SSSR count). The van der Waals surface area contributed by atoms with E-state index < -0.39 is 0 Å². The number of hydrogen-bond donors (Lipinski definition) is 3. The number of rotatable bonds is 5. The lowest BCUT2D eigenvalue weighted by molar-refractivity contribution is 0.316. The molecule has 1 unspecified atom stereocenters. The van der Waals surface area contributed by atoms with E-state index in [1.165, 1.54) is 6.07 Å². The summed E-state index contributed by atoms with van der Waals surface area (Å²) in [6, 6.07) is 14.3. The zero-order valence-corrected chi connectivity index (χ0v) is 11.8. The van der Waals surface area contributed by atoms with Crippen LogP contribution in [0.2, 0.25) is 0 Å². The summed E-state index contributed by atoms with van der Waals surface area (Å²) < 4.78 is 13.8. The summed E-state index contributed by atoms with van der Waals surface area (Å²) in [5.41, 5.74) is 7.89. The first-order valence-corrected chi connectivity index (χ1v) is 6.65. The second kappa shape index (κ2) is 6.74. The molecule has 4 nitrogen and oxygen atoms in total. The maximum Gasteiger partial charge on any atom is 0.148 e. The van der Waals surface area contributed by atoms with Crippen molar-refractivity contribution in [2.45, 2.75) is 12.8 Å². The standard InChI is InChI=1S/C16H18FN3O/c1-11-6-5-9-14(17)15(11)19-10-13(16(18)20-21)12-7-3-2-4-8-12/h2-9,13,19,21H,10H2,1H3,(H2,18,20). The maximum atomic E-state index is 13.8. The summed E-state index contributed by atoms with van der Waals surface area (Å²) in [6.45, 7) is 2.16. The molecule has 0 aliphatic heterocycles. The molecule has 0 fully saturated rings. The van der Waals surface area contributed by atoms with Crippen molar-refractivity contribution < 1.29 is 9.60 Å². The van der Waals surface area contributed by atoms with E-state index in [0.29, 0.717) is 12.2 Å². The molecule has 110 valence electrons. The minimum atomic E-state index is -0.338. The molecule has 1 atom stereocenters. The number of nitrogens with two attached hydrogens (primary N) is 1. The fourth-order valence-corrected chi connectivity index (χ4v) is 2.21. The number of hydrogen-bond acceptors (Lipinski definition) is 3. The molecular formula is C16H18FN3O. The first-order valence-electron chi connectivity index (χ1n) is 6.65. The Morgan fingerprint density at radius 3 is 2.57 bits per heavy atom. The lowest BCUT2D eigenvalue weighted by Crippen LogP contribution is -2.28. The Kier molecular flexibility index (Phi) is 4.77. The number of halogens is 1. The van der Waals surface area contributed by atoms with E-state index in [2.05, 4.69) is 10.5 Å². The third-order valence-corrected chi connectivity index (χ3v) is 3.38. The number of anilines is 1. The minimum Gasteiger partial charge on any atom is -0.409 e. The molecule has 0 spiro atoms. The van der Waals surface area contributed by atoms with E-state index in [1.54, 1.807) is 6.07 Å². The lowest BCUT2D eigenvalue weighted by atomic mass is 9.97. The molecule has 0 aromatic heterocycles. The Hall–Kier alpha value is -2.56. The van der Waals surface area contributed by atoms with Gasteiger partial charge in [-0.3, -0.25) is 0 Å². The van der Waals surface area contributed by atoms with Crippen LogP contribution in [-0.4, -0.2) is 17.6 Å². The van der Waals surface area contributed by atoms with Gasteiger partial charge in [0, 0.05) is 6.54 Å². The molecule has 5 heteroatoms. The Balaban J connectivity index is 2.21. The number of oxime groups is 1. The molecule has 0 amide bonds. The summed E-state index contributed by atoms with van der Waals surface area (Å²) >= 11 is 0. The van der Waals surface area contributed by atoms with Crippen molar-refractivity contribution in [3.8, 4) is 0 Å². The van der Waals surface area contributed by atoms with Gasteiger partial charge in [0.2, 0.25) is 0 Å². The predicted octanol–water partition coefficient (Wildman–Crippen LogP) is 3.08. The number of para-hydroxylation sites is 1.